The molecule has 5 rings (SSSR count). The highest BCUT2D eigenvalue weighted by atomic mass is 35.5. The monoisotopic (exact) mass is 464 g/mol. The largest absolute Gasteiger partial charge is 0.489 e. The van der Waals surface area contributed by atoms with Crippen molar-refractivity contribution in [2.75, 3.05) is 0 Å². The number of ketones is 1. The average Bonchev–Trinajstić information content (AvgIpc) is 3.08. The summed E-state index contributed by atoms with van der Waals surface area (Å²) in [6, 6.07) is 18.2. The third-order valence-electron chi connectivity index (χ3n) is 5.40. The first-order valence-corrected chi connectivity index (χ1v) is 10.9. The zero-order chi connectivity index (χ0) is 22.2. The Kier molecular flexibility index (Phi) is 5.41. The minimum atomic E-state index is -0.197. The van der Waals surface area contributed by atoms with Gasteiger partial charge < -0.3 is 14.2 Å². The summed E-state index contributed by atoms with van der Waals surface area (Å²) >= 11 is 12.4. The molecule has 1 atom stereocenters. The molecule has 3 aromatic carbocycles. The van der Waals surface area contributed by atoms with E-state index in [0.29, 0.717) is 32.7 Å². The number of rotatable bonds is 4. The van der Waals surface area contributed by atoms with E-state index in [9.17, 15) is 4.79 Å². The van der Waals surface area contributed by atoms with Crippen LogP contribution in [0.25, 0.3) is 6.08 Å². The van der Waals surface area contributed by atoms with Gasteiger partial charge >= 0.3 is 0 Å². The second-order valence-corrected chi connectivity index (χ2v) is 8.34. The lowest BCUT2D eigenvalue weighted by atomic mass is 10.0. The van der Waals surface area contributed by atoms with Crippen LogP contribution in [0.2, 0.25) is 10.0 Å². The standard InChI is InChI=1S/C26H18Cl2O4/c1-15-17(11-16-5-2-3-8-23(16)31-15)12-25-26(29)19-10-9-18(13-24(19)32-25)30-14-20-21(27)6-4-7-22(20)28/h2-13,15H,14H2,1H3/t15-/m0/s1. The Morgan fingerprint density at radius 3 is 2.59 bits per heavy atom. The Morgan fingerprint density at radius 1 is 1.00 bits per heavy atom. The summed E-state index contributed by atoms with van der Waals surface area (Å²) in [5.41, 5.74) is 3.02. The third-order valence-corrected chi connectivity index (χ3v) is 6.11. The molecule has 0 unspecified atom stereocenters. The van der Waals surface area contributed by atoms with E-state index in [1.165, 1.54) is 0 Å². The molecule has 0 radical (unpaired) electrons. The highest BCUT2D eigenvalue weighted by Gasteiger charge is 2.29. The first-order valence-electron chi connectivity index (χ1n) is 10.1. The summed E-state index contributed by atoms with van der Waals surface area (Å²) in [4.78, 5) is 12.9. The number of halogens is 2. The predicted octanol–water partition coefficient (Wildman–Crippen LogP) is 6.90. The summed E-state index contributed by atoms with van der Waals surface area (Å²) in [5.74, 6) is 1.91. The van der Waals surface area contributed by atoms with Crippen molar-refractivity contribution in [1.29, 1.82) is 0 Å². The van der Waals surface area contributed by atoms with Gasteiger partial charge in [0.2, 0.25) is 5.78 Å². The van der Waals surface area contributed by atoms with Gasteiger partial charge in [-0.05, 0) is 55.0 Å². The molecule has 0 saturated carbocycles. The molecule has 32 heavy (non-hydrogen) atoms. The first-order chi connectivity index (χ1) is 15.5. The molecule has 0 aliphatic carbocycles. The third kappa shape index (κ3) is 3.88. The van der Waals surface area contributed by atoms with Crippen LogP contribution in [0.5, 0.6) is 17.2 Å². The highest BCUT2D eigenvalue weighted by Crippen LogP contribution is 2.37. The number of hydrogen-bond acceptors (Lipinski definition) is 4. The minimum Gasteiger partial charge on any atom is -0.489 e. The zero-order valence-electron chi connectivity index (χ0n) is 17.1. The van der Waals surface area contributed by atoms with Gasteiger partial charge in [0.1, 0.15) is 30.0 Å². The molecular formula is C26H18Cl2O4. The van der Waals surface area contributed by atoms with Crippen LogP contribution >= 0.6 is 23.2 Å². The quantitative estimate of drug-likeness (QED) is 0.394. The molecule has 0 bridgehead atoms. The van der Waals surface area contributed by atoms with Gasteiger partial charge in [-0.25, -0.2) is 0 Å². The van der Waals surface area contributed by atoms with Crippen LogP contribution in [0.1, 0.15) is 28.4 Å². The topological polar surface area (TPSA) is 44.8 Å². The molecule has 160 valence electrons. The number of Topliss-reactive ketones (excluding diaryl/α,β-unsaturated/α-hetero) is 1. The van der Waals surface area contributed by atoms with Crippen molar-refractivity contribution in [2.24, 2.45) is 0 Å². The molecule has 2 aliphatic rings. The number of allylic oxidation sites excluding steroid dienone is 1. The molecule has 2 heterocycles. The van der Waals surface area contributed by atoms with Crippen LogP contribution in [0.4, 0.5) is 0 Å². The van der Waals surface area contributed by atoms with E-state index in [4.69, 9.17) is 37.4 Å². The zero-order valence-corrected chi connectivity index (χ0v) is 18.6. The summed E-state index contributed by atoms with van der Waals surface area (Å²) in [6.07, 6.45) is 3.56. The van der Waals surface area contributed by atoms with Gasteiger partial charge in [0.25, 0.3) is 0 Å². The molecule has 0 aromatic heterocycles. The van der Waals surface area contributed by atoms with Crippen LogP contribution in [0.3, 0.4) is 0 Å². The van der Waals surface area contributed by atoms with Gasteiger partial charge in [-0.15, -0.1) is 0 Å². The fourth-order valence-electron chi connectivity index (χ4n) is 3.66. The van der Waals surface area contributed by atoms with Gasteiger partial charge in [-0.2, -0.15) is 0 Å². The van der Waals surface area contributed by atoms with Crippen molar-refractivity contribution < 1.29 is 19.0 Å². The van der Waals surface area contributed by atoms with E-state index in [1.807, 2.05) is 37.3 Å². The fourth-order valence-corrected chi connectivity index (χ4v) is 4.16. The van der Waals surface area contributed by atoms with Crippen molar-refractivity contribution in [2.45, 2.75) is 19.6 Å². The lowest BCUT2D eigenvalue weighted by molar-refractivity contribution is 0.101. The fraction of sp³-hybridized carbons (Fsp3) is 0.115. The lowest BCUT2D eigenvalue weighted by Gasteiger charge is -2.22. The molecule has 6 heteroatoms. The second-order valence-electron chi connectivity index (χ2n) is 7.53. The Hall–Kier alpha value is -3.21. The van der Waals surface area contributed by atoms with E-state index in [0.717, 1.165) is 16.9 Å². The Balaban J connectivity index is 1.37. The minimum absolute atomic E-state index is 0.173. The van der Waals surface area contributed by atoms with E-state index < -0.39 is 0 Å². The number of hydrogen-bond donors (Lipinski definition) is 0. The summed E-state index contributed by atoms with van der Waals surface area (Å²) in [5, 5.41) is 1.07. The summed E-state index contributed by atoms with van der Waals surface area (Å²) in [7, 11) is 0. The Labute approximate surface area is 195 Å². The number of carbonyl (C=O) groups excluding carboxylic acids is 1. The predicted molar refractivity (Wildman–Crippen MR) is 125 cm³/mol. The molecule has 0 saturated heterocycles. The molecule has 0 fully saturated rings. The summed E-state index contributed by atoms with van der Waals surface area (Å²) < 4.78 is 17.7. The van der Waals surface area contributed by atoms with Crippen molar-refractivity contribution >= 4 is 35.1 Å². The molecule has 2 aliphatic heterocycles. The van der Waals surface area contributed by atoms with Crippen LogP contribution < -0.4 is 14.2 Å². The maximum Gasteiger partial charge on any atom is 0.231 e. The smallest absolute Gasteiger partial charge is 0.231 e. The van der Waals surface area contributed by atoms with Gasteiger partial charge in [0, 0.05) is 27.2 Å². The molecule has 0 amide bonds. The molecule has 0 spiro atoms. The first kappa shape index (κ1) is 20.7. The molecule has 0 N–H and O–H groups in total. The summed E-state index contributed by atoms with van der Waals surface area (Å²) in [6.45, 7) is 2.15. The normalized spacial score (nSPS) is 17.8. The van der Waals surface area contributed by atoms with Crippen LogP contribution in [-0.4, -0.2) is 11.9 Å². The number of ether oxygens (including phenoxy) is 3. The molecule has 4 nitrogen and oxygen atoms in total. The van der Waals surface area contributed by atoms with Crippen LogP contribution in [-0.2, 0) is 6.61 Å². The highest BCUT2D eigenvalue weighted by molar-refractivity contribution is 6.35. The number of carbonyl (C=O) groups is 1. The van der Waals surface area contributed by atoms with Crippen LogP contribution in [0, 0.1) is 0 Å². The number of para-hydroxylation sites is 1. The lowest BCUT2D eigenvalue weighted by Crippen LogP contribution is -2.18. The van der Waals surface area contributed by atoms with Crippen LogP contribution in [0.15, 0.2) is 78.1 Å². The van der Waals surface area contributed by atoms with E-state index in [1.54, 1.807) is 42.5 Å². The molecule has 3 aromatic rings. The van der Waals surface area contributed by atoms with Gasteiger partial charge in [0.05, 0.1) is 5.56 Å². The van der Waals surface area contributed by atoms with E-state index in [2.05, 4.69) is 0 Å². The SMILES string of the molecule is C[C@@H]1Oc2ccccc2C=C1C=C1Oc2cc(OCc3c(Cl)cccc3Cl)ccc2C1=O. The van der Waals surface area contributed by atoms with Gasteiger partial charge in [-0.1, -0.05) is 47.5 Å². The Morgan fingerprint density at radius 2 is 1.78 bits per heavy atom. The average molecular weight is 465 g/mol. The van der Waals surface area contributed by atoms with Crippen molar-refractivity contribution in [3.8, 4) is 17.2 Å². The second kappa shape index (κ2) is 8.38. The van der Waals surface area contributed by atoms with Crippen molar-refractivity contribution in [3.63, 3.8) is 0 Å². The van der Waals surface area contributed by atoms with Crippen molar-refractivity contribution in [1.82, 2.24) is 0 Å². The van der Waals surface area contributed by atoms with Crippen molar-refractivity contribution in [3.05, 3.63) is 105 Å². The van der Waals surface area contributed by atoms with E-state index >= 15 is 0 Å². The molecular weight excluding hydrogens is 447 g/mol. The van der Waals surface area contributed by atoms with Gasteiger partial charge in [-0.3, -0.25) is 4.79 Å². The van der Waals surface area contributed by atoms with E-state index in [-0.39, 0.29) is 24.3 Å². The Bertz CT molecular complexity index is 1270. The number of benzene rings is 3. The maximum absolute atomic E-state index is 12.9. The maximum atomic E-state index is 12.9. The number of fused-ring (bicyclic) bond motifs is 2. The van der Waals surface area contributed by atoms with Gasteiger partial charge in [0.15, 0.2) is 5.76 Å².